The molecule has 0 fully saturated rings. The third-order valence-corrected chi connectivity index (χ3v) is 1.94. The number of nitrogens with zero attached hydrogens (tertiary/aromatic N) is 1. The Morgan fingerprint density at radius 2 is 2.15 bits per heavy atom. The van der Waals surface area contributed by atoms with E-state index in [1.807, 2.05) is 0 Å². The van der Waals surface area contributed by atoms with Gasteiger partial charge in [-0.3, -0.25) is 0 Å². The van der Waals surface area contributed by atoms with Gasteiger partial charge in [-0.1, -0.05) is 0 Å². The van der Waals surface area contributed by atoms with Crippen LogP contribution in [-0.2, 0) is 6.61 Å². The zero-order valence-electron chi connectivity index (χ0n) is 6.27. The second-order valence-corrected chi connectivity index (χ2v) is 3.11. The van der Waals surface area contributed by atoms with Gasteiger partial charge in [0.1, 0.15) is 5.69 Å². The van der Waals surface area contributed by atoms with Gasteiger partial charge in [-0.25, -0.2) is 18.2 Å². The minimum atomic E-state index is -2.98. The summed E-state index contributed by atoms with van der Waals surface area (Å²) in [6.45, 7) is -0.501. The maximum absolute atomic E-state index is 12.9. The van der Waals surface area contributed by atoms with E-state index in [1.54, 1.807) is 0 Å². The molecule has 6 heteroatoms. The molecule has 0 amide bonds. The zero-order valence-corrected chi connectivity index (χ0v) is 7.85. The number of aliphatic hydroxyl groups is 1. The molecule has 0 radical (unpaired) electrons. The number of hydrogen-bond donors (Lipinski definition) is 1. The lowest BCUT2D eigenvalue weighted by atomic mass is 10.3. The lowest BCUT2D eigenvalue weighted by Gasteiger charge is -2.04. The first-order chi connectivity index (χ1) is 6.06. The standard InChI is InChI=1S/C7H5BrF3NO/c8-4-1-3(2-13)12-6(5(4)9)7(10)11/h1,7,13H,2H2. The van der Waals surface area contributed by atoms with Crippen LogP contribution >= 0.6 is 15.9 Å². The van der Waals surface area contributed by atoms with Crippen LogP contribution < -0.4 is 0 Å². The lowest BCUT2D eigenvalue weighted by Crippen LogP contribution is -2.01. The van der Waals surface area contributed by atoms with Crippen LogP contribution in [0.15, 0.2) is 10.5 Å². The molecular formula is C7H5BrF3NO. The van der Waals surface area contributed by atoms with Gasteiger partial charge < -0.3 is 5.11 Å². The first kappa shape index (κ1) is 10.5. The lowest BCUT2D eigenvalue weighted by molar-refractivity contribution is 0.139. The second kappa shape index (κ2) is 4.06. The summed E-state index contributed by atoms with van der Waals surface area (Å²) in [4.78, 5) is 3.25. The Morgan fingerprint density at radius 3 is 2.62 bits per heavy atom. The molecule has 0 aromatic carbocycles. The zero-order chi connectivity index (χ0) is 10.0. The number of halogens is 4. The summed E-state index contributed by atoms with van der Waals surface area (Å²) >= 11 is 2.75. The van der Waals surface area contributed by atoms with Crippen LogP contribution in [-0.4, -0.2) is 10.1 Å². The van der Waals surface area contributed by atoms with Gasteiger partial charge in [0.15, 0.2) is 5.82 Å². The van der Waals surface area contributed by atoms with Gasteiger partial charge in [0.2, 0.25) is 0 Å². The molecule has 2 nitrogen and oxygen atoms in total. The molecule has 0 saturated carbocycles. The highest BCUT2D eigenvalue weighted by Gasteiger charge is 2.18. The van der Waals surface area contributed by atoms with Crippen molar-refractivity contribution in [3.63, 3.8) is 0 Å². The topological polar surface area (TPSA) is 33.1 Å². The van der Waals surface area contributed by atoms with Crippen LogP contribution in [0.1, 0.15) is 17.8 Å². The first-order valence-corrected chi connectivity index (χ1v) is 4.09. The van der Waals surface area contributed by atoms with Gasteiger partial charge in [0.05, 0.1) is 16.8 Å². The molecule has 1 rings (SSSR count). The third-order valence-electron chi connectivity index (χ3n) is 1.36. The molecule has 0 unspecified atom stereocenters. The molecule has 1 N–H and O–H groups in total. The molecule has 72 valence electrons. The van der Waals surface area contributed by atoms with Crippen molar-refractivity contribution in [1.82, 2.24) is 4.98 Å². The van der Waals surface area contributed by atoms with E-state index < -0.39 is 24.5 Å². The maximum atomic E-state index is 12.9. The highest BCUT2D eigenvalue weighted by Crippen LogP contribution is 2.26. The van der Waals surface area contributed by atoms with Crippen molar-refractivity contribution in [2.45, 2.75) is 13.0 Å². The van der Waals surface area contributed by atoms with Crippen molar-refractivity contribution in [3.05, 3.63) is 27.7 Å². The van der Waals surface area contributed by atoms with E-state index >= 15 is 0 Å². The number of alkyl halides is 2. The van der Waals surface area contributed by atoms with E-state index in [2.05, 4.69) is 20.9 Å². The van der Waals surface area contributed by atoms with Crippen molar-refractivity contribution in [1.29, 1.82) is 0 Å². The van der Waals surface area contributed by atoms with Gasteiger partial charge in [0.25, 0.3) is 6.43 Å². The van der Waals surface area contributed by atoms with Crippen molar-refractivity contribution in [2.75, 3.05) is 0 Å². The average Bonchev–Trinajstić information content (AvgIpc) is 2.09. The van der Waals surface area contributed by atoms with Crippen molar-refractivity contribution in [2.24, 2.45) is 0 Å². The summed E-state index contributed by atoms with van der Waals surface area (Å²) in [6, 6.07) is 1.15. The number of hydrogen-bond acceptors (Lipinski definition) is 2. The van der Waals surface area contributed by atoms with E-state index in [9.17, 15) is 13.2 Å². The highest BCUT2D eigenvalue weighted by molar-refractivity contribution is 9.10. The number of rotatable bonds is 2. The van der Waals surface area contributed by atoms with Crippen LogP contribution in [0.25, 0.3) is 0 Å². The third kappa shape index (κ3) is 2.19. The van der Waals surface area contributed by atoms with Gasteiger partial charge in [0, 0.05) is 0 Å². The fourth-order valence-electron chi connectivity index (χ4n) is 0.794. The normalized spacial score (nSPS) is 10.9. The van der Waals surface area contributed by atoms with E-state index in [0.29, 0.717) is 0 Å². The summed E-state index contributed by atoms with van der Waals surface area (Å²) in [7, 11) is 0. The molecule has 0 aliphatic carbocycles. The molecule has 0 spiro atoms. The predicted molar refractivity (Wildman–Crippen MR) is 42.8 cm³/mol. The van der Waals surface area contributed by atoms with Gasteiger partial charge in [-0.05, 0) is 22.0 Å². The second-order valence-electron chi connectivity index (χ2n) is 2.25. The fraction of sp³-hybridized carbons (Fsp3) is 0.286. The Labute approximate surface area is 80.5 Å². The fourth-order valence-corrected chi connectivity index (χ4v) is 1.26. The van der Waals surface area contributed by atoms with Gasteiger partial charge in [-0.15, -0.1) is 0 Å². The molecule has 1 aromatic heterocycles. The van der Waals surface area contributed by atoms with E-state index in [0.717, 1.165) is 6.07 Å². The predicted octanol–water partition coefficient (Wildman–Crippen LogP) is 2.41. The molecule has 0 saturated heterocycles. The molecule has 1 heterocycles. The van der Waals surface area contributed by atoms with Gasteiger partial charge in [-0.2, -0.15) is 0 Å². The highest BCUT2D eigenvalue weighted by atomic mass is 79.9. The van der Waals surface area contributed by atoms with Crippen LogP contribution in [0, 0.1) is 5.82 Å². The minimum Gasteiger partial charge on any atom is -0.390 e. The van der Waals surface area contributed by atoms with Gasteiger partial charge >= 0.3 is 0 Å². The van der Waals surface area contributed by atoms with Crippen molar-refractivity contribution < 1.29 is 18.3 Å². The quantitative estimate of drug-likeness (QED) is 0.881. The van der Waals surface area contributed by atoms with Crippen LogP contribution in [0.3, 0.4) is 0 Å². The molecule has 0 bridgehead atoms. The minimum absolute atomic E-state index is 0.00331. The number of aliphatic hydroxyl groups excluding tert-OH is 1. The monoisotopic (exact) mass is 255 g/mol. The molecule has 0 aliphatic heterocycles. The van der Waals surface area contributed by atoms with Crippen molar-refractivity contribution >= 4 is 15.9 Å². The van der Waals surface area contributed by atoms with Crippen LogP contribution in [0.5, 0.6) is 0 Å². The smallest absolute Gasteiger partial charge is 0.283 e. The Balaban J connectivity index is 3.25. The molecule has 0 atom stereocenters. The number of pyridine rings is 1. The van der Waals surface area contributed by atoms with E-state index in [1.165, 1.54) is 0 Å². The SMILES string of the molecule is OCc1cc(Br)c(F)c(C(F)F)n1. The first-order valence-electron chi connectivity index (χ1n) is 3.30. The summed E-state index contributed by atoms with van der Waals surface area (Å²) in [5.41, 5.74) is -0.943. The number of aromatic nitrogens is 1. The Kier molecular flexibility index (Phi) is 3.27. The van der Waals surface area contributed by atoms with E-state index in [-0.39, 0.29) is 10.2 Å². The summed E-state index contributed by atoms with van der Waals surface area (Å²) in [5.74, 6) is -1.09. The largest absolute Gasteiger partial charge is 0.390 e. The molecule has 0 aliphatic rings. The summed E-state index contributed by atoms with van der Waals surface area (Å²) in [5, 5.41) is 8.61. The Morgan fingerprint density at radius 1 is 1.54 bits per heavy atom. The molecular weight excluding hydrogens is 251 g/mol. The summed E-state index contributed by atoms with van der Waals surface area (Å²) < 4.78 is 37.0. The average molecular weight is 256 g/mol. The van der Waals surface area contributed by atoms with E-state index in [4.69, 9.17) is 5.11 Å². The molecule has 1 aromatic rings. The van der Waals surface area contributed by atoms with Crippen molar-refractivity contribution in [3.8, 4) is 0 Å². The maximum Gasteiger partial charge on any atom is 0.283 e. The summed E-state index contributed by atoms with van der Waals surface area (Å²) in [6.07, 6.45) is -2.98. The van der Waals surface area contributed by atoms with Crippen LogP contribution in [0.2, 0.25) is 0 Å². The molecule has 13 heavy (non-hydrogen) atoms. The van der Waals surface area contributed by atoms with Crippen LogP contribution in [0.4, 0.5) is 13.2 Å². The Bertz CT molecular complexity index is 319. The Hall–Kier alpha value is -0.620.